The quantitative estimate of drug-likeness (QED) is 0.392. The number of aromatic nitrogens is 2. The van der Waals surface area contributed by atoms with E-state index in [2.05, 4.69) is 21.4 Å². The van der Waals surface area contributed by atoms with Crippen molar-refractivity contribution in [2.75, 3.05) is 16.0 Å². The molecule has 0 radical (unpaired) electrons. The normalized spacial score (nSPS) is 18.5. The number of anilines is 2. The Labute approximate surface area is 198 Å². The van der Waals surface area contributed by atoms with E-state index in [9.17, 15) is 19.2 Å². The SMILES string of the molecule is CCSc1nc2c(c(=O)[nH]1)C1(C(=O)N(Cc3ccc(F)cc3)c3ccccc31)C(C#N)=C(N)N2. The molecule has 1 aromatic heterocycles. The number of nitrogens with zero attached hydrogens (tertiary/aromatic N) is 3. The van der Waals surface area contributed by atoms with E-state index in [1.54, 1.807) is 36.4 Å². The van der Waals surface area contributed by atoms with Crippen LogP contribution in [0, 0.1) is 17.1 Å². The van der Waals surface area contributed by atoms with Gasteiger partial charge in [-0.1, -0.05) is 49.0 Å². The minimum atomic E-state index is -1.76. The molecule has 1 spiro atoms. The van der Waals surface area contributed by atoms with Crippen molar-refractivity contribution in [1.82, 2.24) is 9.97 Å². The Hall–Kier alpha value is -4.10. The van der Waals surface area contributed by atoms with Crippen LogP contribution in [0.2, 0.25) is 0 Å². The predicted molar refractivity (Wildman–Crippen MR) is 127 cm³/mol. The molecule has 2 aromatic carbocycles. The van der Waals surface area contributed by atoms with Crippen LogP contribution in [0.15, 0.2) is 69.9 Å². The second kappa shape index (κ2) is 8.04. The zero-order chi connectivity index (χ0) is 24.0. The van der Waals surface area contributed by atoms with Crippen molar-refractivity contribution < 1.29 is 9.18 Å². The summed E-state index contributed by atoms with van der Waals surface area (Å²) in [4.78, 5) is 36.4. The highest BCUT2D eigenvalue weighted by molar-refractivity contribution is 7.99. The molecule has 5 rings (SSSR count). The number of hydrogen-bond acceptors (Lipinski definition) is 7. The zero-order valence-electron chi connectivity index (χ0n) is 18.1. The number of nitrogens with two attached hydrogens (primary N) is 1. The average molecular weight is 475 g/mol. The van der Waals surface area contributed by atoms with E-state index in [4.69, 9.17) is 5.73 Å². The largest absolute Gasteiger partial charge is 0.384 e. The van der Waals surface area contributed by atoms with Gasteiger partial charge < -0.3 is 20.9 Å². The molecule has 0 fully saturated rings. The van der Waals surface area contributed by atoms with Crippen LogP contribution < -0.4 is 21.5 Å². The summed E-state index contributed by atoms with van der Waals surface area (Å²) >= 11 is 1.34. The molecule has 10 heteroatoms. The summed E-state index contributed by atoms with van der Waals surface area (Å²) in [6, 6.07) is 14.9. The van der Waals surface area contributed by atoms with Crippen LogP contribution in [0.25, 0.3) is 0 Å². The van der Waals surface area contributed by atoms with Crippen molar-refractivity contribution in [3.05, 3.63) is 92.8 Å². The van der Waals surface area contributed by atoms with Gasteiger partial charge >= 0.3 is 0 Å². The summed E-state index contributed by atoms with van der Waals surface area (Å²) in [7, 11) is 0. The van der Waals surface area contributed by atoms with Crippen LogP contribution in [0.3, 0.4) is 0 Å². The molecule has 1 amide bonds. The smallest absolute Gasteiger partial charge is 0.258 e. The summed E-state index contributed by atoms with van der Waals surface area (Å²) in [6.07, 6.45) is 0. The molecule has 0 saturated carbocycles. The third-order valence-corrected chi connectivity index (χ3v) is 6.74. The fourth-order valence-electron chi connectivity index (χ4n) is 4.62. The molecule has 170 valence electrons. The third-order valence-electron chi connectivity index (χ3n) is 5.98. The van der Waals surface area contributed by atoms with Crippen molar-refractivity contribution in [3.8, 4) is 6.07 Å². The lowest BCUT2D eigenvalue weighted by Gasteiger charge is -2.34. The van der Waals surface area contributed by atoms with E-state index in [0.717, 1.165) is 0 Å². The van der Waals surface area contributed by atoms with Gasteiger partial charge in [-0.05, 0) is 29.5 Å². The molecule has 4 N–H and O–H groups in total. The van der Waals surface area contributed by atoms with Crippen LogP contribution >= 0.6 is 11.8 Å². The van der Waals surface area contributed by atoms with Crippen molar-refractivity contribution in [2.45, 2.75) is 24.0 Å². The Balaban J connectivity index is 1.78. The van der Waals surface area contributed by atoms with Gasteiger partial charge in [0, 0.05) is 11.3 Å². The fourth-order valence-corrected chi connectivity index (χ4v) is 5.22. The number of aromatic amines is 1. The average Bonchev–Trinajstić information content (AvgIpc) is 3.04. The molecule has 3 heterocycles. The van der Waals surface area contributed by atoms with Crippen LogP contribution in [0.4, 0.5) is 15.9 Å². The van der Waals surface area contributed by atoms with Crippen LogP contribution in [-0.4, -0.2) is 21.6 Å². The fraction of sp³-hybridized carbons (Fsp3) is 0.167. The van der Waals surface area contributed by atoms with Gasteiger partial charge in [-0.15, -0.1) is 0 Å². The number of halogens is 1. The second-order valence-corrected chi connectivity index (χ2v) is 9.09. The topological polar surface area (TPSA) is 128 Å². The van der Waals surface area contributed by atoms with E-state index >= 15 is 0 Å². The van der Waals surface area contributed by atoms with Gasteiger partial charge in [0.25, 0.3) is 5.56 Å². The molecule has 0 bridgehead atoms. The third kappa shape index (κ3) is 3.01. The Bertz CT molecular complexity index is 1460. The number of thioether (sulfide) groups is 1. The van der Waals surface area contributed by atoms with E-state index in [1.165, 1.54) is 28.8 Å². The molecule has 0 saturated heterocycles. The first-order valence-corrected chi connectivity index (χ1v) is 11.5. The van der Waals surface area contributed by atoms with E-state index < -0.39 is 16.9 Å². The van der Waals surface area contributed by atoms with Crippen molar-refractivity contribution in [2.24, 2.45) is 5.73 Å². The van der Waals surface area contributed by atoms with Gasteiger partial charge in [0.1, 0.15) is 28.9 Å². The Morgan fingerprint density at radius 2 is 1.94 bits per heavy atom. The number of H-pyrrole nitrogens is 1. The lowest BCUT2D eigenvalue weighted by molar-refractivity contribution is -0.120. The molecule has 2 aliphatic rings. The van der Waals surface area contributed by atoms with Crippen LogP contribution in [-0.2, 0) is 16.8 Å². The summed E-state index contributed by atoms with van der Waals surface area (Å²) in [6.45, 7) is 2.04. The number of nitriles is 1. The predicted octanol–water partition coefficient (Wildman–Crippen LogP) is 2.97. The number of carbonyl (C=O) groups is 1. The number of fused-ring (bicyclic) bond motifs is 4. The minimum Gasteiger partial charge on any atom is -0.384 e. The summed E-state index contributed by atoms with van der Waals surface area (Å²) in [5, 5.41) is 13.3. The van der Waals surface area contributed by atoms with Gasteiger partial charge in [-0.25, -0.2) is 9.37 Å². The lowest BCUT2D eigenvalue weighted by atomic mass is 9.69. The molecule has 8 nitrogen and oxygen atoms in total. The molecule has 2 aliphatic heterocycles. The standard InChI is InChI=1S/C24H19FN6O2S/c1-2-34-23-29-20-18(21(32)30-23)24(16(11-26)19(27)28-20)15-5-3-4-6-17(15)31(22(24)33)12-13-7-9-14(25)10-8-13/h3-10H,2,12,27H2,1H3,(H2,28,29,30,32). The number of nitrogens with one attached hydrogen (secondary N) is 2. The Morgan fingerprint density at radius 1 is 1.21 bits per heavy atom. The molecule has 1 unspecified atom stereocenters. The first kappa shape index (κ1) is 21.7. The van der Waals surface area contributed by atoms with Crippen LogP contribution in [0.5, 0.6) is 0 Å². The number of hydrogen-bond donors (Lipinski definition) is 3. The van der Waals surface area contributed by atoms with E-state index in [1.807, 2.05) is 6.92 Å². The molecular formula is C24H19FN6O2S. The summed E-state index contributed by atoms with van der Waals surface area (Å²) in [5.41, 5.74) is 5.61. The number of carbonyl (C=O) groups excluding carboxylic acids is 1. The van der Waals surface area contributed by atoms with Crippen LogP contribution in [0.1, 0.15) is 23.6 Å². The number of benzene rings is 2. The van der Waals surface area contributed by atoms with Gasteiger partial charge in [0.05, 0.1) is 17.7 Å². The minimum absolute atomic E-state index is 0.0257. The molecule has 0 aliphatic carbocycles. The molecule has 34 heavy (non-hydrogen) atoms. The second-order valence-electron chi connectivity index (χ2n) is 7.84. The molecule has 3 aromatic rings. The highest BCUT2D eigenvalue weighted by Gasteiger charge is 2.60. The maximum Gasteiger partial charge on any atom is 0.258 e. The highest BCUT2D eigenvalue weighted by Crippen LogP contribution is 2.53. The van der Waals surface area contributed by atoms with Crippen molar-refractivity contribution in [3.63, 3.8) is 0 Å². The van der Waals surface area contributed by atoms with Gasteiger partial charge in [-0.2, -0.15) is 5.26 Å². The van der Waals surface area contributed by atoms with Gasteiger partial charge in [0.2, 0.25) is 5.91 Å². The van der Waals surface area contributed by atoms with Crippen molar-refractivity contribution in [1.29, 1.82) is 5.26 Å². The molecule has 1 atom stereocenters. The number of para-hydroxylation sites is 1. The molecular weight excluding hydrogens is 455 g/mol. The Kier molecular flexibility index (Phi) is 5.14. The monoisotopic (exact) mass is 474 g/mol. The Morgan fingerprint density at radius 3 is 2.65 bits per heavy atom. The zero-order valence-corrected chi connectivity index (χ0v) is 18.9. The van der Waals surface area contributed by atoms with E-state index in [-0.39, 0.29) is 35.1 Å². The number of rotatable bonds is 4. The number of amides is 1. The summed E-state index contributed by atoms with van der Waals surface area (Å²) in [5.74, 6) is -0.102. The first-order valence-electron chi connectivity index (χ1n) is 10.5. The maximum atomic E-state index is 14.2. The highest BCUT2D eigenvalue weighted by atomic mass is 32.2. The van der Waals surface area contributed by atoms with Gasteiger partial charge in [-0.3, -0.25) is 9.59 Å². The lowest BCUT2D eigenvalue weighted by Crippen LogP contribution is -2.49. The van der Waals surface area contributed by atoms with Crippen molar-refractivity contribution >= 4 is 29.2 Å². The van der Waals surface area contributed by atoms with E-state index in [0.29, 0.717) is 27.7 Å². The summed E-state index contributed by atoms with van der Waals surface area (Å²) < 4.78 is 13.4. The first-order chi connectivity index (χ1) is 16.4. The van der Waals surface area contributed by atoms with Gasteiger partial charge in [0.15, 0.2) is 5.16 Å². The maximum absolute atomic E-state index is 14.2.